The van der Waals surface area contributed by atoms with Crippen LogP contribution in [0.1, 0.15) is 49.5 Å². The van der Waals surface area contributed by atoms with Gasteiger partial charge in [0.2, 0.25) is 0 Å². The van der Waals surface area contributed by atoms with Gasteiger partial charge in [-0.1, -0.05) is 25.2 Å². The molecule has 1 unspecified atom stereocenters. The fourth-order valence-electron chi connectivity index (χ4n) is 2.89. The van der Waals surface area contributed by atoms with Crippen LogP contribution in [0.5, 0.6) is 11.5 Å². The lowest BCUT2D eigenvalue weighted by Gasteiger charge is -2.33. The Kier molecular flexibility index (Phi) is 6.26. The van der Waals surface area contributed by atoms with E-state index in [9.17, 15) is 9.90 Å². The molecule has 136 valence electrons. The maximum absolute atomic E-state index is 12.0. The Balaban J connectivity index is 2.67. The Morgan fingerprint density at radius 2 is 2.08 bits per heavy atom. The molecule has 0 spiro atoms. The molecule has 0 fully saturated rings. The summed E-state index contributed by atoms with van der Waals surface area (Å²) in [4.78, 5) is 12.0. The van der Waals surface area contributed by atoms with Gasteiger partial charge in [-0.3, -0.25) is 0 Å². The number of methoxy groups -OCH3 is 1. The van der Waals surface area contributed by atoms with Crippen molar-refractivity contribution in [1.29, 1.82) is 0 Å². The second-order valence-electron chi connectivity index (χ2n) is 6.25. The summed E-state index contributed by atoms with van der Waals surface area (Å²) in [6.45, 7) is 6.31. The molecular weight excluding hydrogens is 320 g/mol. The van der Waals surface area contributed by atoms with Crippen molar-refractivity contribution in [3.63, 3.8) is 0 Å². The monoisotopic (exact) mass is 346 g/mol. The number of aromatic carboxylic acids is 1. The van der Waals surface area contributed by atoms with Gasteiger partial charge < -0.3 is 19.3 Å². The van der Waals surface area contributed by atoms with Crippen molar-refractivity contribution < 1.29 is 24.1 Å². The molecule has 0 heterocycles. The van der Waals surface area contributed by atoms with Crippen LogP contribution in [0.3, 0.4) is 0 Å². The molecule has 5 heteroatoms. The van der Waals surface area contributed by atoms with Crippen molar-refractivity contribution in [2.24, 2.45) is 0 Å². The highest BCUT2D eigenvalue weighted by Gasteiger charge is 2.37. The Morgan fingerprint density at radius 3 is 2.60 bits per heavy atom. The lowest BCUT2D eigenvalue weighted by atomic mass is 9.83. The third-order valence-corrected chi connectivity index (χ3v) is 3.96. The number of benzene rings is 1. The Hall–Kier alpha value is -2.27. The van der Waals surface area contributed by atoms with Gasteiger partial charge in [0.15, 0.2) is 0 Å². The second kappa shape index (κ2) is 8.21. The number of hydrogen-bond acceptors (Lipinski definition) is 4. The molecule has 0 amide bonds. The van der Waals surface area contributed by atoms with Gasteiger partial charge >= 0.3 is 5.97 Å². The number of hydrogen-bond donors (Lipinski definition) is 1. The maximum Gasteiger partial charge on any atom is 0.336 e. The van der Waals surface area contributed by atoms with E-state index in [0.717, 1.165) is 6.42 Å². The molecule has 0 aromatic heterocycles. The van der Waals surface area contributed by atoms with Crippen LogP contribution < -0.4 is 9.47 Å². The van der Waals surface area contributed by atoms with E-state index >= 15 is 0 Å². The zero-order valence-corrected chi connectivity index (χ0v) is 15.2. The normalized spacial score (nSPS) is 19.2. The van der Waals surface area contributed by atoms with Gasteiger partial charge in [-0.15, -0.1) is 0 Å². The minimum absolute atomic E-state index is 0.112. The van der Waals surface area contributed by atoms with Crippen LogP contribution in [0.15, 0.2) is 36.4 Å². The third kappa shape index (κ3) is 4.23. The molecule has 25 heavy (non-hydrogen) atoms. The average Bonchev–Trinajstić information content (AvgIpc) is 2.59. The molecule has 0 saturated carbocycles. The van der Waals surface area contributed by atoms with Gasteiger partial charge in [0.25, 0.3) is 0 Å². The van der Waals surface area contributed by atoms with Crippen molar-refractivity contribution in [1.82, 2.24) is 0 Å². The van der Waals surface area contributed by atoms with Crippen LogP contribution in [0.2, 0.25) is 0 Å². The van der Waals surface area contributed by atoms with E-state index in [-0.39, 0.29) is 11.7 Å². The van der Waals surface area contributed by atoms with Gasteiger partial charge in [-0.25, -0.2) is 4.79 Å². The fourth-order valence-corrected chi connectivity index (χ4v) is 2.89. The van der Waals surface area contributed by atoms with Crippen molar-refractivity contribution in [2.45, 2.75) is 45.3 Å². The Labute approximate surface area is 148 Å². The SMILES string of the molecule is CCCOc1cc(OC(C)C)c(C2(OC)C=CC=CC2)c(C(=O)O)c1. The zero-order chi connectivity index (χ0) is 18.4. The minimum Gasteiger partial charge on any atom is -0.493 e. The highest BCUT2D eigenvalue weighted by atomic mass is 16.5. The quantitative estimate of drug-likeness (QED) is 0.759. The van der Waals surface area contributed by atoms with E-state index in [1.807, 2.05) is 45.1 Å². The first-order valence-electron chi connectivity index (χ1n) is 8.54. The van der Waals surface area contributed by atoms with E-state index in [2.05, 4.69) is 0 Å². The smallest absolute Gasteiger partial charge is 0.336 e. The number of carboxylic acids is 1. The topological polar surface area (TPSA) is 65.0 Å². The van der Waals surface area contributed by atoms with Crippen LogP contribution in [0.25, 0.3) is 0 Å². The average molecular weight is 346 g/mol. The molecular formula is C20H26O5. The van der Waals surface area contributed by atoms with E-state index in [1.165, 1.54) is 0 Å². The van der Waals surface area contributed by atoms with Crippen molar-refractivity contribution in [2.75, 3.05) is 13.7 Å². The molecule has 0 saturated heterocycles. The van der Waals surface area contributed by atoms with E-state index in [0.29, 0.717) is 30.1 Å². The minimum atomic E-state index is -1.04. The number of allylic oxidation sites excluding steroid dienone is 2. The molecule has 0 bridgehead atoms. The van der Waals surface area contributed by atoms with Gasteiger partial charge in [0.05, 0.1) is 18.3 Å². The predicted molar refractivity (Wildman–Crippen MR) is 96.5 cm³/mol. The summed E-state index contributed by atoms with van der Waals surface area (Å²) >= 11 is 0. The first-order valence-corrected chi connectivity index (χ1v) is 8.54. The summed E-state index contributed by atoms with van der Waals surface area (Å²) in [6.07, 6.45) is 8.85. The van der Waals surface area contributed by atoms with Crippen LogP contribution in [-0.4, -0.2) is 30.9 Å². The number of carboxylic acid groups (broad SMARTS) is 1. The van der Waals surface area contributed by atoms with Crippen molar-refractivity contribution in [3.05, 3.63) is 47.6 Å². The van der Waals surface area contributed by atoms with Gasteiger partial charge in [0, 0.05) is 25.2 Å². The standard InChI is InChI=1S/C20H26O5/c1-5-11-24-15-12-16(19(21)22)18(17(13-15)25-14(2)3)20(23-4)9-7-6-8-10-20/h6-9,12-14H,5,10-11H2,1-4H3,(H,21,22). The highest BCUT2D eigenvalue weighted by Crippen LogP contribution is 2.43. The summed E-state index contributed by atoms with van der Waals surface area (Å²) in [5.41, 5.74) is -0.234. The van der Waals surface area contributed by atoms with Crippen LogP contribution in [0, 0.1) is 0 Å². The van der Waals surface area contributed by atoms with E-state index < -0.39 is 11.6 Å². The van der Waals surface area contributed by atoms with Gasteiger partial charge in [0.1, 0.15) is 17.1 Å². The molecule has 1 aliphatic carbocycles. The fraction of sp³-hybridized carbons (Fsp3) is 0.450. The van der Waals surface area contributed by atoms with Crippen molar-refractivity contribution in [3.8, 4) is 11.5 Å². The highest BCUT2D eigenvalue weighted by molar-refractivity contribution is 5.91. The molecule has 1 aromatic carbocycles. The molecule has 1 aliphatic rings. The van der Waals surface area contributed by atoms with Crippen LogP contribution in [-0.2, 0) is 10.3 Å². The molecule has 0 aliphatic heterocycles. The zero-order valence-electron chi connectivity index (χ0n) is 15.2. The summed E-state index contributed by atoms with van der Waals surface area (Å²) in [5.74, 6) is -0.0760. The largest absolute Gasteiger partial charge is 0.493 e. The van der Waals surface area contributed by atoms with Gasteiger partial charge in [-0.05, 0) is 32.4 Å². The summed E-state index contributed by atoms with van der Waals surface area (Å²) in [7, 11) is 1.58. The predicted octanol–water partition coefficient (Wildman–Crippen LogP) is 4.32. The summed E-state index contributed by atoms with van der Waals surface area (Å²) in [5, 5.41) is 9.81. The molecule has 1 atom stereocenters. The Bertz CT molecular complexity index is 675. The molecule has 1 N–H and O–H groups in total. The van der Waals surface area contributed by atoms with E-state index in [4.69, 9.17) is 14.2 Å². The molecule has 2 rings (SSSR count). The summed E-state index contributed by atoms with van der Waals surface area (Å²) in [6, 6.07) is 3.30. The number of ether oxygens (including phenoxy) is 3. The van der Waals surface area contributed by atoms with Crippen molar-refractivity contribution >= 4 is 5.97 Å². The summed E-state index contributed by atoms with van der Waals surface area (Å²) < 4.78 is 17.4. The lowest BCUT2D eigenvalue weighted by molar-refractivity contribution is 0.0253. The van der Waals surface area contributed by atoms with Crippen LogP contribution in [0.4, 0.5) is 0 Å². The first-order chi connectivity index (χ1) is 11.9. The van der Waals surface area contributed by atoms with E-state index in [1.54, 1.807) is 19.2 Å². The van der Waals surface area contributed by atoms with Gasteiger partial charge in [-0.2, -0.15) is 0 Å². The first kappa shape index (κ1) is 19.1. The molecule has 5 nitrogen and oxygen atoms in total. The van der Waals surface area contributed by atoms with Crippen LogP contribution >= 0.6 is 0 Å². The number of rotatable bonds is 8. The second-order valence-corrected chi connectivity index (χ2v) is 6.25. The Morgan fingerprint density at radius 1 is 1.32 bits per heavy atom. The molecule has 0 radical (unpaired) electrons. The molecule has 1 aromatic rings. The number of carbonyl (C=O) groups is 1. The third-order valence-electron chi connectivity index (χ3n) is 3.96. The lowest BCUT2D eigenvalue weighted by Crippen LogP contribution is -2.30. The maximum atomic E-state index is 12.0.